The Bertz CT molecular complexity index is 374. The van der Waals surface area contributed by atoms with Gasteiger partial charge in [0, 0.05) is 13.6 Å². The molecule has 0 spiro atoms. The first kappa shape index (κ1) is 12.3. The third-order valence-corrected chi connectivity index (χ3v) is 2.32. The van der Waals surface area contributed by atoms with E-state index in [2.05, 4.69) is 23.7 Å². The lowest BCUT2D eigenvalue weighted by Gasteiger charge is -2.21. The second-order valence-electron chi connectivity index (χ2n) is 3.63. The van der Waals surface area contributed by atoms with Gasteiger partial charge < -0.3 is 10.2 Å². The van der Waals surface area contributed by atoms with Crippen LogP contribution in [0.2, 0.25) is 0 Å². The monoisotopic (exact) mass is 218 g/mol. The van der Waals surface area contributed by atoms with E-state index in [9.17, 15) is 4.79 Å². The fourth-order valence-electron chi connectivity index (χ4n) is 1.55. The molecule has 0 unspecified atom stereocenters. The van der Waals surface area contributed by atoms with Gasteiger partial charge in [-0.3, -0.25) is 4.79 Å². The second-order valence-corrected chi connectivity index (χ2v) is 3.63. The van der Waals surface area contributed by atoms with Crippen molar-refractivity contribution in [2.45, 2.75) is 13.3 Å². The van der Waals surface area contributed by atoms with Gasteiger partial charge in [-0.1, -0.05) is 25.6 Å². The minimum absolute atomic E-state index is 0.183. The number of rotatable bonds is 5. The summed E-state index contributed by atoms with van der Waals surface area (Å²) in [6, 6.07) is 7.75. The predicted molar refractivity (Wildman–Crippen MR) is 68.8 cm³/mol. The maximum absolute atomic E-state index is 11.3. The second kappa shape index (κ2) is 5.95. The summed E-state index contributed by atoms with van der Waals surface area (Å²) in [6.07, 6.45) is 2.34. The average Bonchev–Trinajstić information content (AvgIpc) is 2.30. The molecule has 0 fully saturated rings. The molecule has 3 nitrogen and oxygen atoms in total. The molecule has 1 rings (SSSR count). The SMILES string of the molecule is C=CC(=O)Nc1ccccc1N(C)CCC. The van der Waals surface area contributed by atoms with Crippen LogP contribution in [0.15, 0.2) is 36.9 Å². The quantitative estimate of drug-likeness (QED) is 0.771. The number of nitrogens with zero attached hydrogens (tertiary/aromatic N) is 1. The number of para-hydroxylation sites is 2. The number of hydrogen-bond donors (Lipinski definition) is 1. The fraction of sp³-hybridized carbons (Fsp3) is 0.308. The van der Waals surface area contributed by atoms with Gasteiger partial charge in [0.2, 0.25) is 5.91 Å². The Balaban J connectivity index is 2.90. The number of amides is 1. The molecule has 3 heteroatoms. The highest BCUT2D eigenvalue weighted by Gasteiger charge is 2.07. The largest absolute Gasteiger partial charge is 0.373 e. The van der Waals surface area contributed by atoms with Crippen molar-refractivity contribution < 1.29 is 4.79 Å². The summed E-state index contributed by atoms with van der Waals surface area (Å²) < 4.78 is 0. The molecule has 0 aromatic heterocycles. The first-order chi connectivity index (χ1) is 7.69. The van der Waals surface area contributed by atoms with Crippen LogP contribution >= 0.6 is 0 Å². The lowest BCUT2D eigenvalue weighted by Crippen LogP contribution is -2.20. The van der Waals surface area contributed by atoms with Gasteiger partial charge in [0.25, 0.3) is 0 Å². The number of anilines is 2. The van der Waals surface area contributed by atoms with Gasteiger partial charge >= 0.3 is 0 Å². The number of hydrogen-bond acceptors (Lipinski definition) is 2. The highest BCUT2D eigenvalue weighted by atomic mass is 16.1. The van der Waals surface area contributed by atoms with Crippen molar-refractivity contribution in [1.29, 1.82) is 0 Å². The number of benzene rings is 1. The summed E-state index contributed by atoms with van der Waals surface area (Å²) in [6.45, 7) is 6.53. The van der Waals surface area contributed by atoms with Crippen LogP contribution in [0.1, 0.15) is 13.3 Å². The normalized spacial score (nSPS) is 9.62. The molecule has 86 valence electrons. The number of carbonyl (C=O) groups excluding carboxylic acids is 1. The Kier molecular flexibility index (Phi) is 4.58. The van der Waals surface area contributed by atoms with E-state index in [0.29, 0.717) is 0 Å². The van der Waals surface area contributed by atoms with E-state index in [-0.39, 0.29) is 5.91 Å². The zero-order valence-corrected chi connectivity index (χ0v) is 9.86. The molecule has 0 aliphatic carbocycles. The molecule has 0 aliphatic rings. The van der Waals surface area contributed by atoms with Crippen molar-refractivity contribution in [3.63, 3.8) is 0 Å². The Morgan fingerprint density at radius 3 is 2.81 bits per heavy atom. The maximum Gasteiger partial charge on any atom is 0.247 e. The smallest absolute Gasteiger partial charge is 0.247 e. The third kappa shape index (κ3) is 3.12. The summed E-state index contributed by atoms with van der Waals surface area (Å²) in [5.74, 6) is -0.183. The van der Waals surface area contributed by atoms with Crippen molar-refractivity contribution in [1.82, 2.24) is 0 Å². The van der Waals surface area contributed by atoms with Crippen LogP contribution in [-0.4, -0.2) is 19.5 Å². The van der Waals surface area contributed by atoms with E-state index in [1.165, 1.54) is 6.08 Å². The Hall–Kier alpha value is -1.77. The van der Waals surface area contributed by atoms with Crippen LogP contribution in [-0.2, 0) is 4.79 Å². The Morgan fingerprint density at radius 1 is 1.50 bits per heavy atom. The molecule has 0 radical (unpaired) electrons. The van der Waals surface area contributed by atoms with E-state index in [0.717, 1.165) is 24.3 Å². The van der Waals surface area contributed by atoms with Gasteiger partial charge in [-0.25, -0.2) is 0 Å². The molecule has 0 heterocycles. The summed E-state index contributed by atoms with van der Waals surface area (Å²) >= 11 is 0. The van der Waals surface area contributed by atoms with Gasteiger partial charge in [0.05, 0.1) is 11.4 Å². The van der Waals surface area contributed by atoms with E-state index in [4.69, 9.17) is 0 Å². The molecule has 0 bridgehead atoms. The standard InChI is InChI=1S/C13H18N2O/c1-4-10-15(3)12-9-7-6-8-11(12)14-13(16)5-2/h5-9H,2,4,10H2,1,3H3,(H,14,16). The van der Waals surface area contributed by atoms with Crippen LogP contribution in [0.5, 0.6) is 0 Å². The lowest BCUT2D eigenvalue weighted by molar-refractivity contribution is -0.111. The molecule has 1 amide bonds. The third-order valence-electron chi connectivity index (χ3n) is 2.32. The van der Waals surface area contributed by atoms with E-state index < -0.39 is 0 Å². The van der Waals surface area contributed by atoms with Crippen molar-refractivity contribution >= 4 is 17.3 Å². The zero-order valence-electron chi connectivity index (χ0n) is 9.86. The Morgan fingerprint density at radius 2 is 2.19 bits per heavy atom. The molecule has 0 atom stereocenters. The van der Waals surface area contributed by atoms with Crippen LogP contribution < -0.4 is 10.2 Å². The van der Waals surface area contributed by atoms with Gasteiger partial charge in [-0.2, -0.15) is 0 Å². The van der Waals surface area contributed by atoms with Crippen LogP contribution in [0, 0.1) is 0 Å². The number of carbonyl (C=O) groups is 1. The van der Waals surface area contributed by atoms with Gasteiger partial charge in [0.1, 0.15) is 0 Å². The molecule has 0 saturated carbocycles. The predicted octanol–water partition coefficient (Wildman–Crippen LogP) is 2.66. The summed E-state index contributed by atoms with van der Waals surface area (Å²) in [5, 5.41) is 2.80. The highest BCUT2D eigenvalue weighted by Crippen LogP contribution is 2.24. The van der Waals surface area contributed by atoms with Crippen molar-refractivity contribution in [2.24, 2.45) is 0 Å². The van der Waals surface area contributed by atoms with Crippen molar-refractivity contribution in [3.05, 3.63) is 36.9 Å². The van der Waals surface area contributed by atoms with Crippen LogP contribution in [0.25, 0.3) is 0 Å². The van der Waals surface area contributed by atoms with Gasteiger partial charge in [-0.05, 0) is 24.6 Å². The first-order valence-electron chi connectivity index (χ1n) is 5.42. The molecule has 0 aliphatic heterocycles. The zero-order chi connectivity index (χ0) is 12.0. The summed E-state index contributed by atoms with van der Waals surface area (Å²) in [4.78, 5) is 13.4. The summed E-state index contributed by atoms with van der Waals surface area (Å²) in [7, 11) is 2.02. The molecular formula is C13H18N2O. The van der Waals surface area contributed by atoms with Crippen LogP contribution in [0.3, 0.4) is 0 Å². The lowest BCUT2D eigenvalue weighted by atomic mass is 10.2. The van der Waals surface area contributed by atoms with E-state index >= 15 is 0 Å². The minimum Gasteiger partial charge on any atom is -0.373 e. The number of nitrogens with one attached hydrogen (secondary N) is 1. The molecule has 1 N–H and O–H groups in total. The fourth-order valence-corrected chi connectivity index (χ4v) is 1.55. The summed E-state index contributed by atoms with van der Waals surface area (Å²) in [5.41, 5.74) is 1.85. The topological polar surface area (TPSA) is 32.3 Å². The Labute approximate surface area is 96.8 Å². The van der Waals surface area contributed by atoms with Gasteiger partial charge in [0.15, 0.2) is 0 Å². The minimum atomic E-state index is -0.183. The van der Waals surface area contributed by atoms with Crippen molar-refractivity contribution in [3.8, 4) is 0 Å². The average molecular weight is 218 g/mol. The van der Waals surface area contributed by atoms with E-state index in [1.54, 1.807) is 0 Å². The molecular weight excluding hydrogens is 200 g/mol. The highest BCUT2D eigenvalue weighted by molar-refractivity contribution is 6.01. The molecule has 1 aromatic carbocycles. The molecule has 1 aromatic rings. The molecule has 16 heavy (non-hydrogen) atoms. The first-order valence-corrected chi connectivity index (χ1v) is 5.42. The van der Waals surface area contributed by atoms with Gasteiger partial charge in [-0.15, -0.1) is 0 Å². The maximum atomic E-state index is 11.3. The van der Waals surface area contributed by atoms with Crippen molar-refractivity contribution in [2.75, 3.05) is 23.8 Å². The van der Waals surface area contributed by atoms with E-state index in [1.807, 2.05) is 31.3 Å². The van der Waals surface area contributed by atoms with Crippen LogP contribution in [0.4, 0.5) is 11.4 Å². The molecule has 0 saturated heterocycles.